The van der Waals surface area contributed by atoms with Crippen LogP contribution in [-0.2, 0) is 4.74 Å². The molecule has 1 aliphatic heterocycles. The number of hydrogen-bond acceptors (Lipinski definition) is 5. The van der Waals surface area contributed by atoms with Gasteiger partial charge in [-0.3, -0.25) is 4.98 Å². The predicted molar refractivity (Wildman–Crippen MR) is 89.3 cm³/mol. The van der Waals surface area contributed by atoms with Crippen molar-refractivity contribution in [3.05, 3.63) is 36.3 Å². The van der Waals surface area contributed by atoms with E-state index in [9.17, 15) is 0 Å². The highest BCUT2D eigenvalue weighted by Gasteiger charge is 2.33. The highest BCUT2D eigenvalue weighted by Crippen LogP contribution is 2.33. The van der Waals surface area contributed by atoms with Crippen LogP contribution in [0.1, 0.15) is 25.0 Å². The van der Waals surface area contributed by atoms with E-state index in [2.05, 4.69) is 20.9 Å². The molecule has 1 unspecified atom stereocenters. The number of aryl methyl sites for hydroxylation is 1. The Morgan fingerprint density at radius 1 is 1.17 bits per heavy atom. The standard InChI is InChI=1S/C18H22N4O/c1-13-10-17(21-18(20-13)15-4-7-19-8-5-15)22(16-2-3-16)11-14-6-9-23-12-14/h4-5,7-8,10,14,16H,2-3,6,9,11-12H2,1H3. The molecule has 1 aliphatic carbocycles. The van der Waals surface area contributed by atoms with Gasteiger partial charge in [0, 0.05) is 54.8 Å². The molecule has 2 aromatic heterocycles. The van der Waals surface area contributed by atoms with Gasteiger partial charge in [0.05, 0.1) is 6.61 Å². The molecule has 1 saturated carbocycles. The van der Waals surface area contributed by atoms with E-state index in [-0.39, 0.29) is 0 Å². The van der Waals surface area contributed by atoms with Crippen LogP contribution in [0.2, 0.25) is 0 Å². The smallest absolute Gasteiger partial charge is 0.161 e. The summed E-state index contributed by atoms with van der Waals surface area (Å²) in [5.41, 5.74) is 2.03. The molecule has 0 aromatic carbocycles. The van der Waals surface area contributed by atoms with E-state index >= 15 is 0 Å². The summed E-state index contributed by atoms with van der Waals surface area (Å²) in [6.45, 7) is 4.86. The molecule has 1 saturated heterocycles. The number of ether oxygens (including phenoxy) is 1. The lowest BCUT2D eigenvalue weighted by Crippen LogP contribution is -2.32. The monoisotopic (exact) mass is 310 g/mol. The van der Waals surface area contributed by atoms with Gasteiger partial charge in [0.2, 0.25) is 0 Å². The first kappa shape index (κ1) is 14.6. The molecule has 0 bridgehead atoms. The lowest BCUT2D eigenvalue weighted by molar-refractivity contribution is 0.186. The third-order valence-electron chi connectivity index (χ3n) is 4.54. The topological polar surface area (TPSA) is 51.1 Å². The minimum atomic E-state index is 0.621. The average molecular weight is 310 g/mol. The van der Waals surface area contributed by atoms with Crippen molar-refractivity contribution in [3.8, 4) is 11.4 Å². The van der Waals surface area contributed by atoms with E-state index in [4.69, 9.17) is 9.72 Å². The zero-order valence-electron chi connectivity index (χ0n) is 13.5. The number of rotatable bonds is 5. The van der Waals surface area contributed by atoms with Crippen molar-refractivity contribution in [2.75, 3.05) is 24.7 Å². The zero-order chi connectivity index (χ0) is 15.6. The molecule has 0 N–H and O–H groups in total. The van der Waals surface area contributed by atoms with Gasteiger partial charge < -0.3 is 9.64 Å². The second-order valence-electron chi connectivity index (χ2n) is 6.54. The fourth-order valence-corrected chi connectivity index (χ4v) is 3.15. The van der Waals surface area contributed by atoms with E-state index in [0.29, 0.717) is 12.0 Å². The van der Waals surface area contributed by atoms with Gasteiger partial charge in [-0.2, -0.15) is 0 Å². The molecule has 4 rings (SSSR count). The van der Waals surface area contributed by atoms with Gasteiger partial charge in [0.25, 0.3) is 0 Å². The molecule has 0 amide bonds. The van der Waals surface area contributed by atoms with Gasteiger partial charge in [-0.15, -0.1) is 0 Å². The second kappa shape index (κ2) is 6.24. The fourth-order valence-electron chi connectivity index (χ4n) is 3.15. The highest BCUT2D eigenvalue weighted by molar-refractivity contribution is 5.57. The van der Waals surface area contributed by atoms with Crippen molar-refractivity contribution in [1.29, 1.82) is 0 Å². The Morgan fingerprint density at radius 2 is 2.00 bits per heavy atom. The van der Waals surface area contributed by atoms with Gasteiger partial charge in [-0.05, 0) is 38.3 Å². The summed E-state index contributed by atoms with van der Waals surface area (Å²) < 4.78 is 5.54. The number of nitrogens with zero attached hydrogens (tertiary/aromatic N) is 4. The molecule has 2 fully saturated rings. The highest BCUT2D eigenvalue weighted by atomic mass is 16.5. The van der Waals surface area contributed by atoms with Gasteiger partial charge in [0.15, 0.2) is 5.82 Å². The molecule has 0 radical (unpaired) electrons. The van der Waals surface area contributed by atoms with Crippen molar-refractivity contribution in [3.63, 3.8) is 0 Å². The Kier molecular flexibility index (Phi) is 3.95. The van der Waals surface area contributed by atoms with E-state index < -0.39 is 0 Å². The maximum absolute atomic E-state index is 5.54. The molecule has 5 nitrogen and oxygen atoms in total. The number of pyridine rings is 1. The Labute approximate surface area is 136 Å². The molecule has 2 aromatic rings. The quantitative estimate of drug-likeness (QED) is 0.850. The van der Waals surface area contributed by atoms with Crippen LogP contribution in [0.4, 0.5) is 5.82 Å². The van der Waals surface area contributed by atoms with Gasteiger partial charge >= 0.3 is 0 Å². The maximum Gasteiger partial charge on any atom is 0.161 e. The Balaban J connectivity index is 1.64. The SMILES string of the molecule is Cc1cc(N(CC2CCOC2)C2CC2)nc(-c2ccncc2)n1. The van der Waals surface area contributed by atoms with Gasteiger partial charge in [-0.1, -0.05) is 0 Å². The molecule has 5 heteroatoms. The summed E-state index contributed by atoms with van der Waals surface area (Å²) in [4.78, 5) is 16.0. The van der Waals surface area contributed by atoms with Crippen LogP contribution >= 0.6 is 0 Å². The summed E-state index contributed by atoms with van der Waals surface area (Å²) in [5.74, 6) is 2.46. The minimum absolute atomic E-state index is 0.621. The predicted octanol–water partition coefficient (Wildman–Crippen LogP) is 2.85. The summed E-state index contributed by atoms with van der Waals surface area (Å²) in [7, 11) is 0. The summed E-state index contributed by atoms with van der Waals surface area (Å²) in [5, 5.41) is 0. The van der Waals surface area contributed by atoms with Crippen LogP contribution in [0, 0.1) is 12.8 Å². The van der Waals surface area contributed by atoms with Gasteiger partial charge in [-0.25, -0.2) is 9.97 Å². The van der Waals surface area contributed by atoms with Gasteiger partial charge in [0.1, 0.15) is 5.82 Å². The van der Waals surface area contributed by atoms with Crippen molar-refractivity contribution in [1.82, 2.24) is 15.0 Å². The van der Waals surface area contributed by atoms with Crippen LogP contribution in [-0.4, -0.2) is 40.8 Å². The molecule has 3 heterocycles. The number of hydrogen-bond donors (Lipinski definition) is 0. The summed E-state index contributed by atoms with van der Waals surface area (Å²) in [6, 6.07) is 6.67. The van der Waals surface area contributed by atoms with Crippen LogP contribution in [0.25, 0.3) is 11.4 Å². The Bertz CT molecular complexity index is 666. The number of aromatic nitrogens is 3. The third kappa shape index (κ3) is 3.34. The van der Waals surface area contributed by atoms with Crippen LogP contribution in [0.5, 0.6) is 0 Å². The Morgan fingerprint density at radius 3 is 2.70 bits per heavy atom. The summed E-state index contributed by atoms with van der Waals surface area (Å²) in [6.07, 6.45) is 7.26. The zero-order valence-corrected chi connectivity index (χ0v) is 13.5. The number of anilines is 1. The largest absolute Gasteiger partial charge is 0.381 e. The Hall–Kier alpha value is -2.01. The molecule has 0 spiro atoms. The lowest BCUT2D eigenvalue weighted by atomic mass is 10.1. The first-order valence-electron chi connectivity index (χ1n) is 8.40. The third-order valence-corrected chi connectivity index (χ3v) is 4.54. The van der Waals surface area contributed by atoms with Crippen LogP contribution < -0.4 is 4.90 Å². The molecular weight excluding hydrogens is 288 g/mol. The molecule has 23 heavy (non-hydrogen) atoms. The first-order chi connectivity index (χ1) is 11.3. The van der Waals surface area contributed by atoms with E-state index in [1.54, 1.807) is 12.4 Å². The van der Waals surface area contributed by atoms with Crippen LogP contribution in [0.3, 0.4) is 0 Å². The average Bonchev–Trinajstić information content (AvgIpc) is 3.29. The molecule has 1 atom stereocenters. The summed E-state index contributed by atoms with van der Waals surface area (Å²) >= 11 is 0. The lowest BCUT2D eigenvalue weighted by Gasteiger charge is -2.26. The minimum Gasteiger partial charge on any atom is -0.381 e. The fraction of sp³-hybridized carbons (Fsp3) is 0.500. The van der Waals surface area contributed by atoms with E-state index in [0.717, 1.165) is 49.1 Å². The van der Waals surface area contributed by atoms with Crippen molar-refractivity contribution in [2.45, 2.75) is 32.2 Å². The molecular formula is C18H22N4O. The first-order valence-corrected chi connectivity index (χ1v) is 8.40. The van der Waals surface area contributed by atoms with Crippen molar-refractivity contribution < 1.29 is 4.74 Å². The second-order valence-corrected chi connectivity index (χ2v) is 6.54. The van der Waals surface area contributed by atoms with Crippen molar-refractivity contribution >= 4 is 5.82 Å². The molecule has 2 aliphatic rings. The normalized spacial score (nSPS) is 20.7. The maximum atomic E-state index is 5.54. The van der Waals surface area contributed by atoms with E-state index in [1.807, 2.05) is 19.1 Å². The van der Waals surface area contributed by atoms with E-state index in [1.165, 1.54) is 12.8 Å². The van der Waals surface area contributed by atoms with Crippen molar-refractivity contribution in [2.24, 2.45) is 5.92 Å². The molecule has 120 valence electrons. The van der Waals surface area contributed by atoms with Crippen LogP contribution in [0.15, 0.2) is 30.6 Å².